The number of nitrogens with zero attached hydrogens (tertiary/aromatic N) is 2. The van der Waals surface area contributed by atoms with Crippen LogP contribution in [0, 0.1) is 5.92 Å². The van der Waals surface area contributed by atoms with Crippen molar-refractivity contribution in [2.24, 2.45) is 5.92 Å². The average molecular weight is 286 g/mol. The van der Waals surface area contributed by atoms with Gasteiger partial charge in [0.2, 0.25) is 5.82 Å². The number of benzene rings is 1. The van der Waals surface area contributed by atoms with Gasteiger partial charge < -0.3 is 4.90 Å². The third kappa shape index (κ3) is 2.74. The fraction of sp³-hybridized carbons (Fsp3) is 0.400. The molecule has 21 heavy (non-hydrogen) atoms. The largest absolute Gasteiger partial charge is 0.341 e. The van der Waals surface area contributed by atoms with E-state index in [1.807, 2.05) is 18.2 Å². The molecule has 1 aliphatic heterocycles. The molecule has 2 aromatic rings. The van der Waals surface area contributed by atoms with Crippen molar-refractivity contribution >= 4 is 5.91 Å². The van der Waals surface area contributed by atoms with Crippen molar-refractivity contribution in [3.05, 3.63) is 52.2 Å². The summed E-state index contributed by atoms with van der Waals surface area (Å²) in [4.78, 5) is 27.5. The molecule has 0 saturated carbocycles. The molecule has 1 fully saturated rings. The fourth-order valence-corrected chi connectivity index (χ4v) is 3.05. The van der Waals surface area contributed by atoms with E-state index in [-0.39, 0.29) is 11.7 Å². The Balaban J connectivity index is 1.71. The highest BCUT2D eigenvalue weighted by Crippen LogP contribution is 2.32. The van der Waals surface area contributed by atoms with Gasteiger partial charge in [-0.25, -0.2) is 9.89 Å². The number of carbonyl (C=O) groups excluding carboxylic acids is 1. The van der Waals surface area contributed by atoms with Gasteiger partial charge in [0.05, 0.1) is 0 Å². The minimum Gasteiger partial charge on any atom is -0.336 e. The van der Waals surface area contributed by atoms with Crippen LogP contribution in [0.25, 0.3) is 0 Å². The number of piperidine rings is 1. The van der Waals surface area contributed by atoms with Crippen LogP contribution in [0.15, 0.2) is 35.1 Å². The lowest BCUT2D eigenvalue weighted by molar-refractivity contribution is 0.0649. The highest BCUT2D eigenvalue weighted by atomic mass is 16.2. The molecule has 1 saturated heterocycles. The number of aromatic amines is 2. The van der Waals surface area contributed by atoms with E-state index in [1.54, 1.807) is 4.90 Å². The number of nitrogens with one attached hydrogen (secondary N) is 2. The van der Waals surface area contributed by atoms with E-state index in [9.17, 15) is 9.59 Å². The van der Waals surface area contributed by atoms with E-state index in [1.165, 1.54) is 5.56 Å². The van der Waals surface area contributed by atoms with Gasteiger partial charge in [-0.3, -0.25) is 9.78 Å². The number of hydrogen-bond donors (Lipinski definition) is 2. The second-order valence-electron chi connectivity index (χ2n) is 5.56. The van der Waals surface area contributed by atoms with Crippen molar-refractivity contribution in [3.8, 4) is 0 Å². The number of rotatable bonds is 2. The quantitative estimate of drug-likeness (QED) is 0.874. The smallest absolute Gasteiger partial charge is 0.336 e. The lowest BCUT2D eigenvalue weighted by Crippen LogP contribution is -2.42. The summed E-state index contributed by atoms with van der Waals surface area (Å²) < 4.78 is 0. The summed E-state index contributed by atoms with van der Waals surface area (Å²) in [6.45, 7) is 3.51. The third-order valence-corrected chi connectivity index (χ3v) is 4.12. The molecule has 2 atom stereocenters. The molecular formula is C15H18N4O2. The Hall–Kier alpha value is -2.37. The molecule has 6 nitrogen and oxygen atoms in total. The van der Waals surface area contributed by atoms with Crippen molar-refractivity contribution in [1.82, 2.24) is 20.1 Å². The molecule has 1 aromatic heterocycles. The molecule has 2 N–H and O–H groups in total. The summed E-state index contributed by atoms with van der Waals surface area (Å²) in [5.41, 5.74) is 0.871. The predicted molar refractivity (Wildman–Crippen MR) is 78.1 cm³/mol. The summed E-state index contributed by atoms with van der Waals surface area (Å²) in [6.07, 6.45) is 0.922. The molecule has 0 bridgehead atoms. The van der Waals surface area contributed by atoms with Gasteiger partial charge in [-0.1, -0.05) is 37.3 Å². The first-order valence-corrected chi connectivity index (χ1v) is 7.14. The minimum absolute atomic E-state index is 0.0883. The highest BCUT2D eigenvalue weighted by Gasteiger charge is 2.30. The normalized spacial score (nSPS) is 22.2. The molecule has 2 heterocycles. The molecule has 1 aromatic carbocycles. The molecule has 110 valence electrons. The lowest BCUT2D eigenvalue weighted by Gasteiger charge is -2.36. The standard InChI is InChI=1S/C15H18N4O2/c1-10-9-19(14(20)13-16-15(21)18-17-13)8-7-12(10)11-5-3-2-4-6-11/h2-6,10,12H,7-9H2,1H3,(H2,16,17,18,21). The number of amides is 1. The van der Waals surface area contributed by atoms with Crippen LogP contribution in [0.1, 0.15) is 35.4 Å². The van der Waals surface area contributed by atoms with Crippen molar-refractivity contribution in [2.45, 2.75) is 19.3 Å². The van der Waals surface area contributed by atoms with Gasteiger partial charge >= 0.3 is 5.69 Å². The Bertz CT molecular complexity index is 676. The van der Waals surface area contributed by atoms with Crippen LogP contribution in [-0.4, -0.2) is 39.1 Å². The minimum atomic E-state index is -0.453. The molecule has 1 amide bonds. The highest BCUT2D eigenvalue weighted by molar-refractivity contribution is 5.90. The van der Waals surface area contributed by atoms with E-state index >= 15 is 0 Å². The summed E-state index contributed by atoms with van der Waals surface area (Å²) in [5, 5.41) is 5.93. The molecule has 2 unspecified atom stereocenters. The van der Waals surface area contributed by atoms with Crippen molar-refractivity contribution in [3.63, 3.8) is 0 Å². The average Bonchev–Trinajstić information content (AvgIpc) is 2.94. The van der Waals surface area contributed by atoms with Crippen LogP contribution in [0.5, 0.6) is 0 Å². The van der Waals surface area contributed by atoms with Gasteiger partial charge in [0, 0.05) is 13.1 Å². The number of aromatic nitrogens is 3. The lowest BCUT2D eigenvalue weighted by atomic mass is 9.81. The second kappa shape index (κ2) is 5.55. The molecule has 0 aliphatic carbocycles. The van der Waals surface area contributed by atoms with Gasteiger partial charge in [0.25, 0.3) is 5.91 Å². The maximum Gasteiger partial charge on any atom is 0.341 e. The fourth-order valence-electron chi connectivity index (χ4n) is 3.05. The third-order valence-electron chi connectivity index (χ3n) is 4.12. The van der Waals surface area contributed by atoms with Crippen molar-refractivity contribution in [1.29, 1.82) is 0 Å². The Kier molecular flexibility index (Phi) is 3.60. The first kappa shape index (κ1) is 13.6. The van der Waals surface area contributed by atoms with Crippen molar-refractivity contribution < 1.29 is 4.79 Å². The van der Waals surface area contributed by atoms with Gasteiger partial charge in [-0.05, 0) is 23.8 Å². The topological polar surface area (TPSA) is 81.8 Å². The van der Waals surface area contributed by atoms with Crippen molar-refractivity contribution in [2.75, 3.05) is 13.1 Å². The van der Waals surface area contributed by atoms with Gasteiger partial charge in [-0.2, -0.15) is 0 Å². The zero-order valence-corrected chi connectivity index (χ0v) is 11.9. The number of H-pyrrole nitrogens is 2. The Morgan fingerprint density at radius 2 is 2.10 bits per heavy atom. The zero-order valence-electron chi connectivity index (χ0n) is 11.9. The molecular weight excluding hydrogens is 268 g/mol. The van der Waals surface area contributed by atoms with E-state index in [0.717, 1.165) is 6.42 Å². The van der Waals surface area contributed by atoms with Crippen LogP contribution < -0.4 is 5.69 Å². The summed E-state index contributed by atoms with van der Waals surface area (Å²) in [7, 11) is 0. The summed E-state index contributed by atoms with van der Waals surface area (Å²) >= 11 is 0. The van der Waals surface area contributed by atoms with Crippen LogP contribution in [-0.2, 0) is 0 Å². The Morgan fingerprint density at radius 3 is 2.71 bits per heavy atom. The van der Waals surface area contributed by atoms with Crippen LogP contribution in [0.3, 0.4) is 0 Å². The van der Waals surface area contributed by atoms with Gasteiger partial charge in [0.1, 0.15) is 0 Å². The second-order valence-corrected chi connectivity index (χ2v) is 5.56. The molecule has 3 rings (SSSR count). The molecule has 6 heteroatoms. The van der Waals surface area contributed by atoms with E-state index in [4.69, 9.17) is 0 Å². The first-order valence-electron chi connectivity index (χ1n) is 7.14. The molecule has 0 spiro atoms. The van der Waals surface area contributed by atoms with Gasteiger partial charge in [0.15, 0.2) is 0 Å². The number of carbonyl (C=O) groups is 1. The summed E-state index contributed by atoms with van der Waals surface area (Å²) in [5.74, 6) is 0.710. The van der Waals surface area contributed by atoms with Gasteiger partial charge in [-0.15, -0.1) is 5.10 Å². The monoisotopic (exact) mass is 286 g/mol. The summed E-state index contributed by atoms with van der Waals surface area (Å²) in [6, 6.07) is 10.4. The molecule has 1 aliphatic rings. The Morgan fingerprint density at radius 1 is 1.33 bits per heavy atom. The van der Waals surface area contributed by atoms with E-state index in [2.05, 4.69) is 34.2 Å². The predicted octanol–water partition coefficient (Wildman–Crippen LogP) is 1.36. The van der Waals surface area contributed by atoms with E-state index < -0.39 is 5.69 Å². The van der Waals surface area contributed by atoms with Crippen LogP contribution >= 0.6 is 0 Å². The SMILES string of the molecule is CC1CN(C(=O)c2n[nH]c(=O)[nH]2)CCC1c1ccccc1. The van der Waals surface area contributed by atoms with Crippen LogP contribution in [0.4, 0.5) is 0 Å². The van der Waals surface area contributed by atoms with Crippen LogP contribution in [0.2, 0.25) is 0 Å². The maximum absolute atomic E-state index is 12.3. The molecule has 0 radical (unpaired) electrons. The Labute approximate surface area is 122 Å². The zero-order chi connectivity index (χ0) is 14.8. The first-order chi connectivity index (χ1) is 10.1. The number of hydrogen-bond acceptors (Lipinski definition) is 3. The maximum atomic E-state index is 12.3. The number of likely N-dealkylation sites (tertiary alicyclic amines) is 1. The van der Waals surface area contributed by atoms with E-state index in [0.29, 0.717) is 24.9 Å².